The van der Waals surface area contributed by atoms with Crippen LogP contribution in [-0.4, -0.2) is 11.0 Å². The Labute approximate surface area is 110 Å². The van der Waals surface area contributed by atoms with E-state index in [4.69, 9.17) is 0 Å². The fraction of sp³-hybridized carbons (Fsp3) is 0.125. The first kappa shape index (κ1) is 11.7. The molecule has 0 saturated heterocycles. The van der Waals surface area contributed by atoms with Gasteiger partial charge in [-0.25, -0.2) is 4.99 Å². The van der Waals surface area contributed by atoms with E-state index < -0.39 is 5.91 Å². The van der Waals surface area contributed by atoms with Gasteiger partial charge >= 0.3 is 5.91 Å². The van der Waals surface area contributed by atoms with Gasteiger partial charge in [0.05, 0.1) is 5.36 Å². The number of carbonyl (C=O) groups is 1. The first-order chi connectivity index (χ1) is 9.04. The lowest BCUT2D eigenvalue weighted by Gasteiger charge is -2.05. The van der Waals surface area contributed by atoms with Gasteiger partial charge in [-0.15, -0.1) is 0 Å². The molecule has 94 valence electrons. The fourth-order valence-electron chi connectivity index (χ4n) is 2.42. The molecule has 1 heterocycles. The maximum absolute atomic E-state index is 11.3. The van der Waals surface area contributed by atoms with Gasteiger partial charge in [0.25, 0.3) is 0 Å². The number of rotatable bonds is 1. The van der Waals surface area contributed by atoms with E-state index >= 15 is 0 Å². The summed E-state index contributed by atoms with van der Waals surface area (Å²) in [5.41, 5.74) is 4.42. The maximum atomic E-state index is 11.3. The van der Waals surface area contributed by atoms with Crippen molar-refractivity contribution in [2.24, 2.45) is 4.99 Å². The Morgan fingerprint density at radius 1 is 0.947 bits per heavy atom. The third kappa shape index (κ3) is 1.93. The van der Waals surface area contributed by atoms with Crippen LogP contribution >= 0.6 is 0 Å². The van der Waals surface area contributed by atoms with E-state index in [0.29, 0.717) is 10.6 Å². The fourth-order valence-corrected chi connectivity index (χ4v) is 2.42. The molecule has 19 heavy (non-hydrogen) atoms. The van der Waals surface area contributed by atoms with Crippen LogP contribution in [0.5, 0.6) is 0 Å². The van der Waals surface area contributed by atoms with E-state index in [1.54, 1.807) is 6.07 Å². The van der Waals surface area contributed by atoms with Crippen LogP contribution in [0.1, 0.15) is 11.1 Å². The second kappa shape index (κ2) is 4.05. The number of carbonyl (C=O) groups excluding carboxylic acids is 1. The van der Waals surface area contributed by atoms with Crippen LogP contribution < -0.4 is 10.6 Å². The highest BCUT2D eigenvalue weighted by molar-refractivity contribution is 6.11. The van der Waals surface area contributed by atoms with Crippen LogP contribution in [0.2, 0.25) is 0 Å². The molecule has 3 nitrogen and oxygen atoms in total. The summed E-state index contributed by atoms with van der Waals surface area (Å²) < 4.78 is 0. The molecule has 2 aromatic rings. The molecule has 1 amide bonds. The Morgan fingerprint density at radius 2 is 1.63 bits per heavy atom. The minimum atomic E-state index is -0.562. The van der Waals surface area contributed by atoms with Gasteiger partial charge in [-0.3, -0.25) is 4.79 Å². The predicted molar refractivity (Wildman–Crippen MR) is 73.2 cm³/mol. The second-order valence-electron chi connectivity index (χ2n) is 4.87. The second-order valence-corrected chi connectivity index (χ2v) is 4.87. The zero-order valence-electron chi connectivity index (χ0n) is 10.8. The van der Waals surface area contributed by atoms with Crippen molar-refractivity contribution in [3.05, 3.63) is 58.1 Å². The van der Waals surface area contributed by atoms with Gasteiger partial charge in [0.2, 0.25) is 0 Å². The highest BCUT2D eigenvalue weighted by Crippen LogP contribution is 2.20. The number of hydrogen-bond acceptors (Lipinski definition) is 2. The third-order valence-electron chi connectivity index (χ3n) is 3.23. The molecule has 0 bridgehead atoms. The molecule has 0 unspecified atom stereocenters. The van der Waals surface area contributed by atoms with Crippen molar-refractivity contribution < 1.29 is 9.90 Å². The SMILES string of the molecule is Cc1cc(C)cc(-c2ccc3c(c2)=C(O)C(=O)N=3)c1. The highest BCUT2D eigenvalue weighted by Gasteiger charge is 2.15. The standard InChI is InChI=1S/C16H13NO2/c1-9-5-10(2)7-12(6-9)11-3-4-14-13(8-11)15(18)16(19)17-14/h3-8H,1-2H3,(H,17,18,19). The van der Waals surface area contributed by atoms with Crippen molar-refractivity contribution in [1.29, 1.82) is 0 Å². The lowest BCUT2D eigenvalue weighted by Crippen LogP contribution is -2.22. The Hall–Kier alpha value is -2.42. The molecule has 0 spiro atoms. The number of aryl methyl sites for hydroxylation is 2. The van der Waals surface area contributed by atoms with E-state index in [1.165, 1.54) is 11.1 Å². The Kier molecular flexibility index (Phi) is 2.49. The summed E-state index contributed by atoms with van der Waals surface area (Å²) in [6.45, 7) is 4.10. The van der Waals surface area contributed by atoms with Gasteiger partial charge in [0.1, 0.15) is 0 Å². The molecular weight excluding hydrogens is 238 g/mol. The number of aliphatic hydroxyl groups is 1. The van der Waals surface area contributed by atoms with Gasteiger partial charge < -0.3 is 5.11 Å². The summed E-state index contributed by atoms with van der Waals surface area (Å²) in [7, 11) is 0. The summed E-state index contributed by atoms with van der Waals surface area (Å²) >= 11 is 0. The van der Waals surface area contributed by atoms with Crippen LogP contribution in [0, 0.1) is 13.8 Å². The third-order valence-corrected chi connectivity index (χ3v) is 3.23. The Morgan fingerprint density at radius 3 is 2.32 bits per heavy atom. The van der Waals surface area contributed by atoms with Crippen molar-refractivity contribution in [2.75, 3.05) is 0 Å². The minimum absolute atomic E-state index is 0.263. The normalized spacial score (nSPS) is 13.4. The van der Waals surface area contributed by atoms with Crippen molar-refractivity contribution in [3.63, 3.8) is 0 Å². The maximum Gasteiger partial charge on any atom is 0.313 e. The number of hydrogen-bond donors (Lipinski definition) is 1. The van der Waals surface area contributed by atoms with E-state index in [9.17, 15) is 9.90 Å². The first-order valence-corrected chi connectivity index (χ1v) is 6.10. The average Bonchev–Trinajstić information content (AvgIpc) is 2.64. The van der Waals surface area contributed by atoms with Crippen LogP contribution in [0.15, 0.2) is 41.4 Å². The monoisotopic (exact) mass is 251 g/mol. The molecule has 1 N–H and O–H groups in total. The molecule has 1 aliphatic rings. The average molecular weight is 251 g/mol. The van der Waals surface area contributed by atoms with Gasteiger partial charge in [0.15, 0.2) is 5.76 Å². The minimum Gasteiger partial charge on any atom is -0.503 e. The largest absolute Gasteiger partial charge is 0.503 e. The molecule has 0 saturated carbocycles. The molecule has 0 atom stereocenters. The van der Waals surface area contributed by atoms with Crippen molar-refractivity contribution in [2.45, 2.75) is 13.8 Å². The van der Waals surface area contributed by atoms with Crippen LogP contribution in [0.25, 0.3) is 16.9 Å². The quantitative estimate of drug-likeness (QED) is 0.840. The zero-order chi connectivity index (χ0) is 13.6. The molecule has 0 radical (unpaired) electrons. The molecule has 1 aliphatic heterocycles. The zero-order valence-corrected chi connectivity index (χ0v) is 10.8. The summed E-state index contributed by atoms with van der Waals surface area (Å²) in [6, 6.07) is 11.8. The van der Waals surface area contributed by atoms with Crippen LogP contribution in [0.3, 0.4) is 0 Å². The molecule has 2 aromatic carbocycles. The molecule has 0 fully saturated rings. The smallest absolute Gasteiger partial charge is 0.313 e. The van der Waals surface area contributed by atoms with E-state index in [2.05, 4.69) is 23.2 Å². The van der Waals surface area contributed by atoms with Gasteiger partial charge in [0, 0.05) is 5.22 Å². The molecule has 0 aliphatic carbocycles. The Balaban J connectivity index is 2.25. The topological polar surface area (TPSA) is 49.7 Å². The number of amides is 1. The number of aliphatic hydroxyl groups excluding tert-OH is 1. The number of benzene rings is 2. The van der Waals surface area contributed by atoms with E-state index in [0.717, 1.165) is 11.1 Å². The summed E-state index contributed by atoms with van der Waals surface area (Å²) in [6.07, 6.45) is 0. The van der Waals surface area contributed by atoms with Crippen molar-refractivity contribution >= 4 is 11.7 Å². The lowest BCUT2D eigenvalue weighted by molar-refractivity contribution is -0.114. The number of nitrogens with zero attached hydrogens (tertiary/aromatic N) is 1. The Bertz CT molecular complexity index is 799. The van der Waals surface area contributed by atoms with Crippen molar-refractivity contribution in [1.82, 2.24) is 0 Å². The summed E-state index contributed by atoms with van der Waals surface area (Å²) in [5, 5.41) is 10.8. The molecule has 3 rings (SSSR count). The van der Waals surface area contributed by atoms with Gasteiger partial charge in [-0.05, 0) is 37.1 Å². The van der Waals surface area contributed by atoms with Gasteiger partial charge in [-0.1, -0.05) is 35.4 Å². The van der Waals surface area contributed by atoms with Crippen molar-refractivity contribution in [3.8, 4) is 11.1 Å². The van der Waals surface area contributed by atoms with E-state index in [-0.39, 0.29) is 5.76 Å². The summed E-state index contributed by atoms with van der Waals surface area (Å²) in [4.78, 5) is 15.1. The number of fused-ring (bicyclic) bond motifs is 1. The molecule has 3 heteroatoms. The summed E-state index contributed by atoms with van der Waals surface area (Å²) in [5.74, 6) is -0.825. The first-order valence-electron chi connectivity index (χ1n) is 6.10. The van der Waals surface area contributed by atoms with Gasteiger partial charge in [-0.2, -0.15) is 0 Å². The predicted octanol–water partition coefficient (Wildman–Crippen LogP) is 1.80. The highest BCUT2D eigenvalue weighted by atomic mass is 16.3. The van der Waals surface area contributed by atoms with E-state index in [1.807, 2.05) is 26.0 Å². The van der Waals surface area contributed by atoms with Crippen LogP contribution in [-0.2, 0) is 4.79 Å². The lowest BCUT2D eigenvalue weighted by atomic mass is 10.00. The van der Waals surface area contributed by atoms with Crippen LogP contribution in [0.4, 0.5) is 0 Å². The molecular formula is C16H13NO2. The molecule has 0 aromatic heterocycles.